The standard InChI is InChI=1S/C25H20F3N5O3S/c1-13-30-21-19(37-13)7-6-16(22(21)33-12-25(27,28)10-14(33)11-34)32-24(35)17-8-9-29-23(31-17)20-15(26)4-3-5-18(20)36-2/h3-9,11,34H,10,12H2,1-2H3,(H,32,35)/b14-11+. The van der Waals surface area contributed by atoms with Crippen LogP contribution in [-0.2, 0) is 0 Å². The Bertz CT molecular complexity index is 1560. The smallest absolute Gasteiger partial charge is 0.274 e. The van der Waals surface area contributed by atoms with Gasteiger partial charge in [0, 0.05) is 6.20 Å². The van der Waals surface area contributed by atoms with Crippen molar-refractivity contribution < 1.29 is 27.8 Å². The molecule has 1 aliphatic heterocycles. The van der Waals surface area contributed by atoms with Crippen LogP contribution in [-0.4, -0.2) is 45.5 Å². The number of benzene rings is 2. The first-order valence-corrected chi connectivity index (χ1v) is 11.9. The topological polar surface area (TPSA) is 100 Å². The van der Waals surface area contributed by atoms with Crippen molar-refractivity contribution in [1.29, 1.82) is 0 Å². The molecule has 8 nitrogen and oxygen atoms in total. The molecule has 0 bridgehead atoms. The summed E-state index contributed by atoms with van der Waals surface area (Å²) in [6.07, 6.45) is 1.30. The van der Waals surface area contributed by atoms with Gasteiger partial charge in [-0.3, -0.25) is 4.79 Å². The normalized spacial score (nSPS) is 15.9. The monoisotopic (exact) mass is 527 g/mol. The van der Waals surface area contributed by atoms with Gasteiger partial charge < -0.3 is 20.1 Å². The van der Waals surface area contributed by atoms with Crippen LogP contribution < -0.4 is 15.0 Å². The van der Waals surface area contributed by atoms with Gasteiger partial charge in [0.05, 0.1) is 58.7 Å². The maximum atomic E-state index is 14.6. The summed E-state index contributed by atoms with van der Waals surface area (Å²) in [7, 11) is 1.38. The van der Waals surface area contributed by atoms with Crippen molar-refractivity contribution in [2.45, 2.75) is 19.3 Å². The van der Waals surface area contributed by atoms with Crippen LogP contribution in [0.4, 0.5) is 24.5 Å². The van der Waals surface area contributed by atoms with Crippen LogP contribution in [0.1, 0.15) is 21.9 Å². The number of fused-ring (bicyclic) bond motifs is 1. The third-order valence-corrected chi connectivity index (χ3v) is 6.73. The third kappa shape index (κ3) is 4.55. The molecule has 0 unspecified atom stereocenters. The van der Waals surface area contributed by atoms with Gasteiger partial charge >= 0.3 is 0 Å². The average Bonchev–Trinajstić information content (AvgIpc) is 3.41. The molecular weight excluding hydrogens is 507 g/mol. The van der Waals surface area contributed by atoms with E-state index in [1.165, 1.54) is 47.7 Å². The number of anilines is 2. The number of aliphatic hydroxyl groups excluding tert-OH is 1. The van der Waals surface area contributed by atoms with Crippen molar-refractivity contribution in [3.05, 3.63) is 71.1 Å². The van der Waals surface area contributed by atoms with Crippen molar-refractivity contribution in [2.24, 2.45) is 0 Å². The summed E-state index contributed by atoms with van der Waals surface area (Å²) in [4.78, 5) is 27.3. The number of carbonyl (C=O) groups excluding carboxylic acids is 1. The van der Waals surface area contributed by atoms with E-state index in [0.717, 1.165) is 4.70 Å². The minimum absolute atomic E-state index is 0.00303. The highest BCUT2D eigenvalue weighted by Crippen LogP contribution is 2.45. The van der Waals surface area contributed by atoms with E-state index >= 15 is 0 Å². The number of hydrogen-bond donors (Lipinski definition) is 2. The second-order valence-corrected chi connectivity index (χ2v) is 9.55. The predicted octanol–water partition coefficient (Wildman–Crippen LogP) is 5.71. The Kier molecular flexibility index (Phi) is 6.20. The van der Waals surface area contributed by atoms with Gasteiger partial charge in [-0.2, -0.15) is 0 Å². The molecule has 2 aromatic carbocycles. The number of nitrogens with zero attached hydrogens (tertiary/aromatic N) is 4. The van der Waals surface area contributed by atoms with Crippen LogP contribution in [0, 0.1) is 12.7 Å². The summed E-state index contributed by atoms with van der Waals surface area (Å²) in [5.41, 5.74) is 0.755. The van der Waals surface area contributed by atoms with Crippen LogP contribution in [0.2, 0.25) is 0 Å². The third-order valence-electron chi connectivity index (χ3n) is 5.79. The van der Waals surface area contributed by atoms with E-state index in [1.54, 1.807) is 25.1 Å². The molecule has 3 heterocycles. The number of aryl methyl sites for hydroxylation is 1. The van der Waals surface area contributed by atoms with E-state index in [2.05, 4.69) is 20.3 Å². The maximum absolute atomic E-state index is 14.6. The first kappa shape index (κ1) is 24.5. The van der Waals surface area contributed by atoms with Crippen LogP contribution in [0.5, 0.6) is 5.75 Å². The van der Waals surface area contributed by atoms with Gasteiger partial charge in [0.25, 0.3) is 11.8 Å². The molecule has 0 radical (unpaired) electrons. The van der Waals surface area contributed by atoms with Gasteiger partial charge in [-0.1, -0.05) is 6.07 Å². The quantitative estimate of drug-likeness (QED) is 0.321. The van der Waals surface area contributed by atoms with Gasteiger partial charge in [-0.15, -0.1) is 11.3 Å². The second-order valence-electron chi connectivity index (χ2n) is 8.32. The molecule has 1 amide bonds. The second kappa shape index (κ2) is 9.36. The molecule has 4 aromatic rings. The Balaban J connectivity index is 1.56. The number of halogens is 3. The number of hydrogen-bond acceptors (Lipinski definition) is 8. The van der Waals surface area contributed by atoms with Crippen LogP contribution in [0.15, 0.2) is 54.6 Å². The van der Waals surface area contributed by atoms with Gasteiger partial charge in [-0.25, -0.2) is 28.1 Å². The summed E-state index contributed by atoms with van der Waals surface area (Å²) in [6.45, 7) is 1.09. The minimum atomic E-state index is -3.08. The van der Waals surface area contributed by atoms with Gasteiger partial charge in [0.2, 0.25) is 0 Å². The number of thiazole rings is 1. The van der Waals surface area contributed by atoms with Crippen molar-refractivity contribution >= 4 is 38.8 Å². The van der Waals surface area contributed by atoms with E-state index < -0.39 is 30.6 Å². The molecule has 12 heteroatoms. The van der Waals surface area contributed by atoms with E-state index in [-0.39, 0.29) is 39.9 Å². The molecule has 190 valence electrons. The minimum Gasteiger partial charge on any atom is -0.514 e. The van der Waals surface area contributed by atoms with Gasteiger partial charge in [0.1, 0.15) is 22.8 Å². The fourth-order valence-electron chi connectivity index (χ4n) is 4.24. The highest BCUT2D eigenvalue weighted by atomic mass is 32.1. The summed E-state index contributed by atoms with van der Waals surface area (Å²) in [5, 5.41) is 13.1. The fraction of sp³-hybridized carbons (Fsp3) is 0.200. The predicted molar refractivity (Wildman–Crippen MR) is 134 cm³/mol. The summed E-state index contributed by atoms with van der Waals surface area (Å²) in [6, 6.07) is 8.91. The molecule has 5 rings (SSSR count). The lowest BCUT2D eigenvalue weighted by atomic mass is 10.1. The van der Waals surface area contributed by atoms with E-state index in [9.17, 15) is 23.1 Å². The highest BCUT2D eigenvalue weighted by molar-refractivity contribution is 7.18. The summed E-state index contributed by atoms with van der Waals surface area (Å²) in [5.74, 6) is -4.24. The Morgan fingerprint density at radius 2 is 2.05 bits per heavy atom. The Morgan fingerprint density at radius 3 is 2.81 bits per heavy atom. The number of aromatic nitrogens is 3. The van der Waals surface area contributed by atoms with Crippen molar-refractivity contribution in [3.63, 3.8) is 0 Å². The summed E-state index contributed by atoms with van der Waals surface area (Å²) >= 11 is 1.37. The largest absolute Gasteiger partial charge is 0.514 e. The SMILES string of the molecule is COc1cccc(F)c1-c1nccc(C(=O)Nc2ccc3sc(C)nc3c2N2CC(F)(F)C/C2=C\O)n1. The van der Waals surface area contributed by atoms with Gasteiger partial charge in [0.15, 0.2) is 5.82 Å². The molecule has 1 fully saturated rings. The van der Waals surface area contributed by atoms with Crippen molar-refractivity contribution in [1.82, 2.24) is 15.0 Å². The lowest BCUT2D eigenvalue weighted by molar-refractivity contribution is 0.0278. The zero-order valence-corrected chi connectivity index (χ0v) is 20.4. The zero-order valence-electron chi connectivity index (χ0n) is 19.6. The lowest BCUT2D eigenvalue weighted by Crippen LogP contribution is -2.26. The highest BCUT2D eigenvalue weighted by Gasteiger charge is 2.43. The molecule has 1 aliphatic rings. The molecule has 2 N–H and O–H groups in total. The first-order chi connectivity index (χ1) is 17.7. The van der Waals surface area contributed by atoms with Crippen molar-refractivity contribution in [2.75, 3.05) is 23.9 Å². The Morgan fingerprint density at radius 1 is 1.24 bits per heavy atom. The number of allylic oxidation sites excluding steroid dienone is 1. The van der Waals surface area contributed by atoms with Crippen molar-refractivity contribution in [3.8, 4) is 17.1 Å². The number of aliphatic hydroxyl groups is 1. The van der Waals surface area contributed by atoms with Crippen LogP contribution in [0.25, 0.3) is 21.6 Å². The molecule has 0 saturated carbocycles. The summed E-state index contributed by atoms with van der Waals surface area (Å²) < 4.78 is 49.1. The number of carbonyl (C=O) groups is 1. The number of nitrogens with one attached hydrogen (secondary N) is 1. The molecule has 0 aliphatic carbocycles. The van der Waals surface area contributed by atoms with Gasteiger partial charge in [-0.05, 0) is 37.3 Å². The molecule has 37 heavy (non-hydrogen) atoms. The number of ether oxygens (including phenoxy) is 1. The van der Waals surface area contributed by atoms with E-state index in [4.69, 9.17) is 4.74 Å². The molecular formula is C25H20F3N5O3S. The van der Waals surface area contributed by atoms with Crippen LogP contribution >= 0.6 is 11.3 Å². The average molecular weight is 528 g/mol. The number of amides is 1. The zero-order chi connectivity index (χ0) is 26.3. The maximum Gasteiger partial charge on any atom is 0.274 e. The molecule has 0 atom stereocenters. The molecule has 1 saturated heterocycles. The fourth-order valence-corrected chi connectivity index (χ4v) is 5.07. The lowest BCUT2D eigenvalue weighted by Gasteiger charge is -2.23. The number of rotatable bonds is 5. The molecule has 2 aromatic heterocycles. The van der Waals surface area contributed by atoms with Crippen LogP contribution in [0.3, 0.4) is 0 Å². The number of alkyl halides is 2. The van der Waals surface area contributed by atoms with E-state index in [1.807, 2.05) is 0 Å². The Labute approximate surface area is 213 Å². The number of methoxy groups -OCH3 is 1. The molecule has 0 spiro atoms. The first-order valence-electron chi connectivity index (χ1n) is 11.1. The Hall–Kier alpha value is -4.19. The van der Waals surface area contributed by atoms with E-state index in [0.29, 0.717) is 16.8 Å².